The third-order valence-electron chi connectivity index (χ3n) is 6.12. The SMILES string of the molecule is O=C(NCC(=O)N1C[C@@H](CF)CC1C(=O)OCc1ccccc1)c1cccc(-c2ccc(F)cc2)c1. The van der Waals surface area contributed by atoms with Crippen LogP contribution in [0.25, 0.3) is 11.1 Å². The Morgan fingerprint density at radius 3 is 2.42 bits per heavy atom. The Bertz CT molecular complexity index is 1220. The van der Waals surface area contributed by atoms with Crippen LogP contribution in [0.2, 0.25) is 0 Å². The van der Waals surface area contributed by atoms with Crippen molar-refractivity contribution in [1.82, 2.24) is 10.2 Å². The normalized spacial score (nSPS) is 17.0. The molecule has 6 nitrogen and oxygen atoms in total. The van der Waals surface area contributed by atoms with Crippen LogP contribution < -0.4 is 5.32 Å². The van der Waals surface area contributed by atoms with Crippen LogP contribution in [-0.2, 0) is 20.9 Å². The summed E-state index contributed by atoms with van der Waals surface area (Å²) >= 11 is 0. The fourth-order valence-corrected chi connectivity index (χ4v) is 4.20. The van der Waals surface area contributed by atoms with Gasteiger partial charge in [0.15, 0.2) is 0 Å². The number of ether oxygens (including phenoxy) is 1. The second-order valence-corrected chi connectivity index (χ2v) is 8.68. The summed E-state index contributed by atoms with van der Waals surface area (Å²) in [6.45, 7) is -0.869. The van der Waals surface area contributed by atoms with Gasteiger partial charge in [-0.15, -0.1) is 0 Å². The second-order valence-electron chi connectivity index (χ2n) is 8.68. The van der Waals surface area contributed by atoms with E-state index in [1.165, 1.54) is 17.0 Å². The van der Waals surface area contributed by atoms with E-state index in [4.69, 9.17) is 4.74 Å². The second kappa shape index (κ2) is 11.6. The zero-order chi connectivity index (χ0) is 25.5. The summed E-state index contributed by atoms with van der Waals surface area (Å²) in [6, 6.07) is 20.9. The molecule has 8 heteroatoms. The molecule has 2 atom stereocenters. The molecule has 3 aromatic rings. The molecule has 0 aliphatic carbocycles. The van der Waals surface area contributed by atoms with Gasteiger partial charge >= 0.3 is 5.97 Å². The molecule has 1 aliphatic rings. The van der Waals surface area contributed by atoms with Gasteiger partial charge in [-0.25, -0.2) is 9.18 Å². The number of esters is 1. The zero-order valence-electron chi connectivity index (χ0n) is 19.5. The van der Waals surface area contributed by atoms with Crippen LogP contribution in [-0.4, -0.2) is 48.5 Å². The van der Waals surface area contributed by atoms with Crippen LogP contribution in [0.3, 0.4) is 0 Å². The van der Waals surface area contributed by atoms with Gasteiger partial charge in [0, 0.05) is 18.0 Å². The lowest BCUT2D eigenvalue weighted by Gasteiger charge is -2.23. The molecule has 1 aliphatic heterocycles. The first kappa shape index (κ1) is 25.0. The lowest BCUT2D eigenvalue weighted by Crippen LogP contribution is -2.46. The number of rotatable bonds is 8. The molecular weight excluding hydrogens is 466 g/mol. The third-order valence-corrected chi connectivity index (χ3v) is 6.12. The van der Waals surface area contributed by atoms with Gasteiger partial charge in [-0.3, -0.25) is 14.0 Å². The number of likely N-dealkylation sites (tertiary alicyclic amines) is 1. The standard InChI is InChI=1S/C28H26F2N2O4/c29-15-20-13-25(28(35)36-18-19-5-2-1-3-6-19)32(17-20)26(33)16-31-27(34)23-8-4-7-22(14-23)21-9-11-24(30)12-10-21/h1-12,14,20,25H,13,15-18H2,(H,31,34)/t20-,25?/m1/s1. The Morgan fingerprint density at radius 2 is 1.69 bits per heavy atom. The maximum absolute atomic E-state index is 13.4. The molecule has 4 rings (SSSR count). The number of hydrogen-bond acceptors (Lipinski definition) is 4. The summed E-state index contributed by atoms with van der Waals surface area (Å²) < 4.78 is 32.0. The van der Waals surface area contributed by atoms with Gasteiger partial charge in [-0.1, -0.05) is 54.6 Å². The molecular formula is C28H26F2N2O4. The molecule has 1 N–H and O–H groups in total. The van der Waals surface area contributed by atoms with Gasteiger partial charge in [0.05, 0.1) is 13.2 Å². The molecule has 0 saturated carbocycles. The van der Waals surface area contributed by atoms with Crippen LogP contribution in [0.4, 0.5) is 8.78 Å². The van der Waals surface area contributed by atoms with Gasteiger partial charge in [-0.05, 0) is 47.4 Å². The van der Waals surface area contributed by atoms with E-state index >= 15 is 0 Å². The lowest BCUT2D eigenvalue weighted by atomic mass is 10.0. The molecule has 36 heavy (non-hydrogen) atoms. The fraction of sp³-hybridized carbons (Fsp3) is 0.250. The number of alkyl halides is 1. The van der Waals surface area contributed by atoms with Gasteiger partial charge < -0.3 is 15.0 Å². The number of amides is 2. The summed E-state index contributed by atoms with van der Waals surface area (Å²) in [4.78, 5) is 39.6. The molecule has 3 aromatic carbocycles. The van der Waals surface area contributed by atoms with Gasteiger partial charge in [0.25, 0.3) is 5.91 Å². The van der Waals surface area contributed by atoms with Crippen molar-refractivity contribution in [3.63, 3.8) is 0 Å². The van der Waals surface area contributed by atoms with E-state index in [2.05, 4.69) is 5.32 Å². The third kappa shape index (κ3) is 6.13. The van der Waals surface area contributed by atoms with E-state index in [1.807, 2.05) is 30.3 Å². The lowest BCUT2D eigenvalue weighted by molar-refractivity contribution is -0.154. The maximum Gasteiger partial charge on any atom is 0.329 e. The molecule has 0 aromatic heterocycles. The molecule has 0 spiro atoms. The topological polar surface area (TPSA) is 75.7 Å². The van der Waals surface area contributed by atoms with Crippen molar-refractivity contribution in [1.29, 1.82) is 0 Å². The van der Waals surface area contributed by atoms with Crippen molar-refractivity contribution in [2.24, 2.45) is 5.92 Å². The number of hydrogen-bond donors (Lipinski definition) is 1. The average Bonchev–Trinajstić information content (AvgIpc) is 3.36. The van der Waals surface area contributed by atoms with E-state index in [-0.39, 0.29) is 31.9 Å². The Balaban J connectivity index is 1.37. The highest BCUT2D eigenvalue weighted by Crippen LogP contribution is 2.25. The summed E-state index contributed by atoms with van der Waals surface area (Å²) in [6.07, 6.45) is 0.170. The predicted molar refractivity (Wildman–Crippen MR) is 130 cm³/mol. The number of carbonyl (C=O) groups excluding carboxylic acids is 3. The number of nitrogens with zero attached hydrogens (tertiary/aromatic N) is 1. The van der Waals surface area contributed by atoms with E-state index in [9.17, 15) is 23.2 Å². The molecule has 2 amide bonds. The van der Waals surface area contributed by atoms with Crippen LogP contribution in [0.1, 0.15) is 22.3 Å². The van der Waals surface area contributed by atoms with E-state index < -0.39 is 36.4 Å². The van der Waals surface area contributed by atoms with Crippen molar-refractivity contribution in [3.8, 4) is 11.1 Å². The Morgan fingerprint density at radius 1 is 0.944 bits per heavy atom. The minimum atomic E-state index is -0.902. The van der Waals surface area contributed by atoms with Gasteiger partial charge in [0.1, 0.15) is 18.5 Å². The van der Waals surface area contributed by atoms with E-state index in [0.29, 0.717) is 5.56 Å². The summed E-state index contributed by atoms with van der Waals surface area (Å²) in [7, 11) is 0. The zero-order valence-corrected chi connectivity index (χ0v) is 19.5. The summed E-state index contributed by atoms with van der Waals surface area (Å²) in [5.41, 5.74) is 2.60. The summed E-state index contributed by atoms with van der Waals surface area (Å²) in [5.74, 6) is -2.38. The van der Waals surface area contributed by atoms with Crippen molar-refractivity contribution in [2.45, 2.75) is 19.1 Å². The van der Waals surface area contributed by atoms with Crippen LogP contribution >= 0.6 is 0 Å². The molecule has 186 valence electrons. The largest absolute Gasteiger partial charge is 0.459 e. The Hall–Kier alpha value is -4.07. The molecule has 1 unspecified atom stereocenters. The smallest absolute Gasteiger partial charge is 0.329 e. The van der Waals surface area contributed by atoms with Crippen molar-refractivity contribution in [3.05, 3.63) is 95.8 Å². The number of nitrogens with one attached hydrogen (secondary N) is 1. The van der Waals surface area contributed by atoms with Crippen LogP contribution in [0, 0.1) is 11.7 Å². The monoisotopic (exact) mass is 492 g/mol. The Kier molecular flexibility index (Phi) is 8.05. The Labute approximate surface area is 207 Å². The molecule has 1 saturated heterocycles. The predicted octanol–water partition coefficient (Wildman–Crippen LogP) is 4.15. The first-order chi connectivity index (χ1) is 17.4. The molecule has 1 fully saturated rings. The average molecular weight is 493 g/mol. The highest BCUT2D eigenvalue weighted by molar-refractivity contribution is 5.98. The van der Waals surface area contributed by atoms with Gasteiger partial charge in [0.2, 0.25) is 5.91 Å². The molecule has 0 radical (unpaired) electrons. The number of benzene rings is 3. The first-order valence-corrected chi connectivity index (χ1v) is 11.6. The van der Waals surface area contributed by atoms with Gasteiger partial charge in [-0.2, -0.15) is 0 Å². The van der Waals surface area contributed by atoms with E-state index in [1.54, 1.807) is 36.4 Å². The van der Waals surface area contributed by atoms with Crippen molar-refractivity contribution >= 4 is 17.8 Å². The highest BCUT2D eigenvalue weighted by Gasteiger charge is 2.40. The number of carbonyl (C=O) groups is 3. The molecule has 1 heterocycles. The maximum atomic E-state index is 13.4. The van der Waals surface area contributed by atoms with Crippen LogP contribution in [0.5, 0.6) is 0 Å². The minimum Gasteiger partial charge on any atom is -0.459 e. The van der Waals surface area contributed by atoms with E-state index in [0.717, 1.165) is 16.7 Å². The summed E-state index contributed by atoms with van der Waals surface area (Å²) in [5, 5.41) is 2.58. The fourth-order valence-electron chi connectivity index (χ4n) is 4.20. The first-order valence-electron chi connectivity index (χ1n) is 11.6. The quantitative estimate of drug-likeness (QED) is 0.480. The number of halogens is 2. The van der Waals surface area contributed by atoms with Crippen molar-refractivity contribution < 1.29 is 27.9 Å². The van der Waals surface area contributed by atoms with Crippen molar-refractivity contribution in [2.75, 3.05) is 19.8 Å². The highest BCUT2D eigenvalue weighted by atomic mass is 19.1. The minimum absolute atomic E-state index is 0.0552. The van der Waals surface area contributed by atoms with Crippen LogP contribution in [0.15, 0.2) is 78.9 Å². The molecule has 0 bridgehead atoms.